The highest BCUT2D eigenvalue weighted by atomic mass is 32.1. The first-order valence-electron chi connectivity index (χ1n) is 9.75. The first-order chi connectivity index (χ1) is 14.5. The van der Waals surface area contributed by atoms with Crippen LogP contribution in [0.2, 0.25) is 0 Å². The molecular weight excluding hydrogens is 402 g/mol. The Hall–Kier alpha value is -2.84. The quantitative estimate of drug-likeness (QED) is 0.490. The number of hydrogen-bond donors (Lipinski definition) is 0. The number of methoxy groups -OCH3 is 1. The van der Waals surface area contributed by atoms with Gasteiger partial charge in [0.05, 0.1) is 23.9 Å². The van der Waals surface area contributed by atoms with Gasteiger partial charge in [0.15, 0.2) is 11.7 Å². The Balaban J connectivity index is 1.79. The van der Waals surface area contributed by atoms with Gasteiger partial charge in [0.2, 0.25) is 0 Å². The fraction of sp³-hybridized carbons (Fsp3) is 0.364. The molecule has 8 heteroatoms. The first kappa shape index (κ1) is 21.9. The molecule has 0 saturated carbocycles. The molecule has 0 radical (unpaired) electrons. The summed E-state index contributed by atoms with van der Waals surface area (Å²) in [6.45, 7) is 3.70. The van der Waals surface area contributed by atoms with Crippen LogP contribution >= 0.6 is 11.3 Å². The van der Waals surface area contributed by atoms with Crippen LogP contribution in [0, 0.1) is 0 Å². The number of rotatable bonds is 10. The average molecular weight is 430 g/mol. The van der Waals surface area contributed by atoms with E-state index in [4.69, 9.17) is 14.2 Å². The number of amides is 1. The predicted octanol–water partition coefficient (Wildman–Crippen LogP) is 3.68. The molecule has 1 amide bonds. The molecule has 30 heavy (non-hydrogen) atoms. The van der Waals surface area contributed by atoms with E-state index in [1.165, 1.54) is 11.3 Å². The maximum atomic E-state index is 13.0. The number of thiazole rings is 1. The first-order valence-corrected chi connectivity index (χ1v) is 10.6. The Bertz CT molecular complexity index is 989. The molecule has 0 aliphatic carbocycles. The van der Waals surface area contributed by atoms with Crippen LogP contribution in [0.1, 0.15) is 6.92 Å². The lowest BCUT2D eigenvalue weighted by atomic mass is 10.3. The largest absolute Gasteiger partial charge is 0.497 e. The molecule has 160 valence electrons. The molecule has 1 heterocycles. The molecule has 3 rings (SSSR count). The molecule has 0 spiro atoms. The number of carbonyl (C=O) groups excluding carboxylic acids is 1. The van der Waals surface area contributed by atoms with Crippen LogP contribution in [0.4, 0.5) is 5.13 Å². The van der Waals surface area contributed by atoms with E-state index in [1.807, 2.05) is 56.3 Å². The summed E-state index contributed by atoms with van der Waals surface area (Å²) in [6.07, 6.45) is 0. The van der Waals surface area contributed by atoms with Crippen molar-refractivity contribution in [3.8, 4) is 17.2 Å². The average Bonchev–Trinajstić information content (AvgIpc) is 3.15. The van der Waals surface area contributed by atoms with Gasteiger partial charge in [-0.15, -0.1) is 0 Å². The standard InChI is InChI=1S/C22H27N3O4S/c1-5-28-18-9-10-19-20(14-18)30-22(23-19)25(12-11-24(2)3)21(26)15-29-17-8-6-7-16(13-17)27-4/h6-10,13-14H,5,11-12,15H2,1-4H3. The van der Waals surface area contributed by atoms with Crippen molar-refractivity contribution in [3.63, 3.8) is 0 Å². The van der Waals surface area contributed by atoms with Crippen molar-refractivity contribution in [2.24, 2.45) is 0 Å². The zero-order chi connectivity index (χ0) is 21.5. The van der Waals surface area contributed by atoms with Gasteiger partial charge in [0, 0.05) is 19.2 Å². The van der Waals surface area contributed by atoms with Gasteiger partial charge in [-0.1, -0.05) is 17.4 Å². The molecule has 0 atom stereocenters. The third kappa shape index (κ3) is 5.61. The van der Waals surface area contributed by atoms with Crippen molar-refractivity contribution in [2.75, 3.05) is 52.4 Å². The molecule has 0 aliphatic heterocycles. The fourth-order valence-electron chi connectivity index (χ4n) is 2.81. The third-order valence-corrected chi connectivity index (χ3v) is 5.41. The summed E-state index contributed by atoms with van der Waals surface area (Å²) in [4.78, 5) is 21.4. The summed E-state index contributed by atoms with van der Waals surface area (Å²) < 4.78 is 17.5. The number of aromatic nitrogens is 1. The van der Waals surface area contributed by atoms with Crippen LogP contribution < -0.4 is 19.1 Å². The third-order valence-electron chi connectivity index (χ3n) is 4.37. The van der Waals surface area contributed by atoms with Crippen LogP contribution in [-0.4, -0.2) is 63.3 Å². The summed E-state index contributed by atoms with van der Waals surface area (Å²) >= 11 is 1.47. The van der Waals surface area contributed by atoms with Gasteiger partial charge in [-0.25, -0.2) is 4.98 Å². The molecule has 0 fully saturated rings. The van der Waals surface area contributed by atoms with Gasteiger partial charge < -0.3 is 19.1 Å². The molecule has 0 bridgehead atoms. The van der Waals surface area contributed by atoms with E-state index < -0.39 is 0 Å². The van der Waals surface area contributed by atoms with Crippen molar-refractivity contribution in [1.82, 2.24) is 9.88 Å². The Morgan fingerprint density at radius 3 is 2.53 bits per heavy atom. The van der Waals surface area contributed by atoms with E-state index in [0.29, 0.717) is 36.3 Å². The minimum absolute atomic E-state index is 0.0826. The van der Waals surface area contributed by atoms with Crippen molar-refractivity contribution in [2.45, 2.75) is 6.92 Å². The molecule has 0 aliphatic rings. The van der Waals surface area contributed by atoms with Crippen LogP contribution in [0.15, 0.2) is 42.5 Å². The summed E-state index contributed by atoms with van der Waals surface area (Å²) in [6, 6.07) is 13.0. The van der Waals surface area contributed by atoms with Crippen molar-refractivity contribution >= 4 is 32.6 Å². The molecule has 0 saturated heterocycles. The fourth-order valence-corrected chi connectivity index (χ4v) is 3.84. The van der Waals surface area contributed by atoms with Crippen LogP contribution in [0.25, 0.3) is 10.2 Å². The number of benzene rings is 2. The number of fused-ring (bicyclic) bond motifs is 1. The van der Waals surface area contributed by atoms with Crippen molar-refractivity contribution in [3.05, 3.63) is 42.5 Å². The summed E-state index contributed by atoms with van der Waals surface area (Å²) in [7, 11) is 5.54. The lowest BCUT2D eigenvalue weighted by Crippen LogP contribution is -2.39. The van der Waals surface area contributed by atoms with E-state index >= 15 is 0 Å². The molecule has 1 aromatic heterocycles. The Morgan fingerprint density at radius 1 is 1.03 bits per heavy atom. The smallest absolute Gasteiger partial charge is 0.266 e. The Kier molecular flexibility index (Phi) is 7.48. The second-order valence-corrected chi connectivity index (χ2v) is 7.88. The monoisotopic (exact) mass is 429 g/mol. The second kappa shape index (κ2) is 10.3. The van der Waals surface area contributed by atoms with E-state index in [0.717, 1.165) is 16.0 Å². The zero-order valence-electron chi connectivity index (χ0n) is 17.8. The van der Waals surface area contributed by atoms with Gasteiger partial charge >= 0.3 is 0 Å². The molecule has 3 aromatic rings. The lowest BCUT2D eigenvalue weighted by molar-refractivity contribution is -0.120. The van der Waals surface area contributed by atoms with Crippen molar-refractivity contribution in [1.29, 1.82) is 0 Å². The van der Waals surface area contributed by atoms with Gasteiger partial charge in [-0.2, -0.15) is 0 Å². The second-order valence-electron chi connectivity index (χ2n) is 6.88. The molecule has 7 nitrogen and oxygen atoms in total. The highest BCUT2D eigenvalue weighted by Gasteiger charge is 2.21. The number of ether oxygens (including phenoxy) is 3. The SMILES string of the molecule is CCOc1ccc2nc(N(CCN(C)C)C(=O)COc3cccc(OC)c3)sc2c1. The highest BCUT2D eigenvalue weighted by Crippen LogP contribution is 2.31. The van der Waals surface area contributed by atoms with Crippen LogP contribution in [0.3, 0.4) is 0 Å². The minimum Gasteiger partial charge on any atom is -0.497 e. The maximum Gasteiger partial charge on any atom is 0.266 e. The highest BCUT2D eigenvalue weighted by molar-refractivity contribution is 7.22. The summed E-state index contributed by atoms with van der Waals surface area (Å²) in [5.74, 6) is 1.91. The normalized spacial score (nSPS) is 11.0. The molecule has 2 aromatic carbocycles. The Labute approximate surface area is 180 Å². The number of anilines is 1. The minimum atomic E-state index is -0.149. The van der Waals surface area contributed by atoms with E-state index in [1.54, 1.807) is 24.1 Å². The van der Waals surface area contributed by atoms with Crippen molar-refractivity contribution < 1.29 is 19.0 Å². The van der Waals surface area contributed by atoms with Gasteiger partial charge in [0.25, 0.3) is 5.91 Å². The van der Waals surface area contributed by atoms with Gasteiger partial charge in [0.1, 0.15) is 17.2 Å². The zero-order valence-corrected chi connectivity index (χ0v) is 18.6. The number of nitrogens with zero attached hydrogens (tertiary/aromatic N) is 3. The van der Waals surface area contributed by atoms with Crippen LogP contribution in [0.5, 0.6) is 17.2 Å². The van der Waals surface area contributed by atoms with Gasteiger partial charge in [-0.05, 0) is 51.4 Å². The molecule has 0 unspecified atom stereocenters. The summed E-state index contributed by atoms with van der Waals surface area (Å²) in [5.41, 5.74) is 0.842. The maximum absolute atomic E-state index is 13.0. The Morgan fingerprint density at radius 2 is 1.80 bits per heavy atom. The van der Waals surface area contributed by atoms with Gasteiger partial charge in [-0.3, -0.25) is 9.69 Å². The summed E-state index contributed by atoms with van der Waals surface area (Å²) in [5, 5.41) is 0.653. The topological polar surface area (TPSA) is 64.1 Å². The predicted molar refractivity (Wildman–Crippen MR) is 120 cm³/mol. The lowest BCUT2D eigenvalue weighted by Gasteiger charge is -2.22. The molecular formula is C22H27N3O4S. The number of hydrogen-bond acceptors (Lipinski definition) is 7. The number of likely N-dealkylation sites (N-methyl/N-ethyl adjacent to an activating group) is 1. The van der Waals surface area contributed by atoms with Crippen LogP contribution in [-0.2, 0) is 4.79 Å². The van der Waals surface area contributed by atoms with E-state index in [2.05, 4.69) is 4.98 Å². The number of carbonyl (C=O) groups is 1. The van der Waals surface area contributed by atoms with E-state index in [9.17, 15) is 4.79 Å². The molecule has 0 N–H and O–H groups in total. The van der Waals surface area contributed by atoms with E-state index in [-0.39, 0.29) is 12.5 Å².